The molecule has 1 aliphatic rings. The highest BCUT2D eigenvalue weighted by Gasteiger charge is 2.28. The zero-order valence-electron chi connectivity index (χ0n) is 14.0. The zero-order chi connectivity index (χ0) is 17.9. The minimum Gasteiger partial charge on any atom is -0.490 e. The van der Waals surface area contributed by atoms with E-state index in [1.54, 1.807) is 41.3 Å². The van der Waals surface area contributed by atoms with Gasteiger partial charge in [0.25, 0.3) is 5.91 Å². The molecule has 0 bridgehead atoms. The van der Waals surface area contributed by atoms with E-state index in [2.05, 4.69) is 4.98 Å². The number of benzene rings is 2. The van der Waals surface area contributed by atoms with Crippen molar-refractivity contribution in [2.45, 2.75) is 0 Å². The van der Waals surface area contributed by atoms with Gasteiger partial charge in [-0.2, -0.15) is 0 Å². The van der Waals surface area contributed by atoms with Crippen molar-refractivity contribution in [2.24, 2.45) is 0 Å². The largest absolute Gasteiger partial charge is 0.490 e. The van der Waals surface area contributed by atoms with Crippen LogP contribution in [0.15, 0.2) is 72.9 Å². The summed E-state index contributed by atoms with van der Waals surface area (Å²) >= 11 is 0. The number of rotatable bonds is 3. The van der Waals surface area contributed by atoms with Crippen molar-refractivity contribution in [3.63, 3.8) is 0 Å². The molecule has 5 heteroatoms. The van der Waals surface area contributed by atoms with Crippen molar-refractivity contribution in [1.82, 2.24) is 4.98 Å². The first-order valence-electron chi connectivity index (χ1n) is 8.34. The molecule has 4 rings (SSSR count). The molecular weight excluding hydrogens is 328 g/mol. The highest BCUT2D eigenvalue weighted by atomic mass is 16.5. The van der Waals surface area contributed by atoms with Gasteiger partial charge in [-0.05, 0) is 24.3 Å². The van der Waals surface area contributed by atoms with Crippen molar-refractivity contribution >= 4 is 17.4 Å². The Kier molecular flexibility index (Phi) is 4.19. The van der Waals surface area contributed by atoms with Crippen LogP contribution in [0.1, 0.15) is 26.4 Å². The molecule has 0 saturated heterocycles. The monoisotopic (exact) mass is 344 g/mol. The highest BCUT2D eigenvalue weighted by molar-refractivity contribution is 6.17. The lowest BCUT2D eigenvalue weighted by Crippen LogP contribution is -2.39. The van der Waals surface area contributed by atoms with Gasteiger partial charge in [-0.15, -0.1) is 0 Å². The summed E-state index contributed by atoms with van der Waals surface area (Å²) in [7, 11) is 0. The zero-order valence-corrected chi connectivity index (χ0v) is 14.0. The van der Waals surface area contributed by atoms with Crippen molar-refractivity contribution in [3.8, 4) is 5.75 Å². The fraction of sp³-hybridized carbons (Fsp3) is 0.0952. The molecular formula is C21H16N2O3. The van der Waals surface area contributed by atoms with Crippen LogP contribution in [0.2, 0.25) is 0 Å². The smallest absolute Gasteiger partial charge is 0.277 e. The van der Waals surface area contributed by atoms with Crippen LogP contribution in [0.5, 0.6) is 5.75 Å². The Morgan fingerprint density at radius 3 is 2.54 bits per heavy atom. The number of fused-ring (bicyclic) bond motifs is 1. The average Bonchev–Trinajstić information content (AvgIpc) is 2.73. The Hall–Kier alpha value is -3.47. The van der Waals surface area contributed by atoms with Crippen LogP contribution < -0.4 is 9.64 Å². The number of ketones is 1. The van der Waals surface area contributed by atoms with Gasteiger partial charge in [0.05, 0.1) is 17.8 Å². The van der Waals surface area contributed by atoms with Crippen LogP contribution in [0, 0.1) is 0 Å². The molecule has 0 atom stereocenters. The summed E-state index contributed by atoms with van der Waals surface area (Å²) in [6, 6.07) is 19.6. The Labute approximate surface area is 150 Å². The number of amides is 1. The number of hydrogen-bond donors (Lipinski definition) is 0. The van der Waals surface area contributed by atoms with Crippen molar-refractivity contribution in [3.05, 3.63) is 89.7 Å². The molecule has 1 amide bonds. The first-order chi connectivity index (χ1) is 12.8. The van der Waals surface area contributed by atoms with E-state index in [9.17, 15) is 9.59 Å². The number of aromatic nitrogens is 1. The number of carbonyl (C=O) groups is 2. The maximum atomic E-state index is 13.2. The van der Waals surface area contributed by atoms with E-state index < -0.39 is 0 Å². The molecule has 128 valence electrons. The number of ether oxygens (including phenoxy) is 1. The number of para-hydroxylation sites is 2. The maximum Gasteiger partial charge on any atom is 0.277 e. The average molecular weight is 344 g/mol. The standard InChI is InChI=1S/C21H16N2O3/c24-20(15-7-2-1-3-8-15)16-9-6-12-22-19(16)21(25)23-13-14-26-18-11-5-4-10-17(18)23/h1-12H,13-14H2. The number of nitrogens with zero attached hydrogens (tertiary/aromatic N) is 2. The third-order valence-electron chi connectivity index (χ3n) is 4.26. The van der Waals surface area contributed by atoms with Crippen LogP contribution in [0.25, 0.3) is 0 Å². The van der Waals surface area contributed by atoms with Crippen molar-refractivity contribution < 1.29 is 14.3 Å². The second-order valence-corrected chi connectivity index (χ2v) is 5.87. The van der Waals surface area contributed by atoms with E-state index in [-0.39, 0.29) is 17.4 Å². The lowest BCUT2D eigenvalue weighted by molar-refractivity contribution is 0.0957. The van der Waals surface area contributed by atoms with Gasteiger partial charge in [-0.3, -0.25) is 14.6 Å². The van der Waals surface area contributed by atoms with Crippen LogP contribution in [0.4, 0.5) is 5.69 Å². The number of anilines is 1. The lowest BCUT2D eigenvalue weighted by Gasteiger charge is -2.29. The van der Waals surface area contributed by atoms with E-state index in [1.807, 2.05) is 30.3 Å². The Bertz CT molecular complexity index is 970. The van der Waals surface area contributed by atoms with E-state index in [0.717, 1.165) is 0 Å². The first kappa shape index (κ1) is 16.0. The van der Waals surface area contributed by atoms with E-state index >= 15 is 0 Å². The number of pyridine rings is 1. The molecule has 1 aromatic heterocycles. The molecule has 0 N–H and O–H groups in total. The third kappa shape index (κ3) is 2.84. The van der Waals surface area contributed by atoms with Gasteiger partial charge in [0.2, 0.25) is 0 Å². The normalized spacial score (nSPS) is 12.8. The fourth-order valence-electron chi connectivity index (χ4n) is 3.01. The molecule has 0 aliphatic carbocycles. The highest BCUT2D eigenvalue weighted by Crippen LogP contribution is 2.32. The molecule has 26 heavy (non-hydrogen) atoms. The van der Waals surface area contributed by atoms with E-state index in [0.29, 0.717) is 35.7 Å². The third-order valence-corrected chi connectivity index (χ3v) is 4.26. The lowest BCUT2D eigenvalue weighted by atomic mass is 10.0. The topological polar surface area (TPSA) is 59.5 Å². The van der Waals surface area contributed by atoms with Crippen molar-refractivity contribution in [1.29, 1.82) is 0 Å². The molecule has 1 aliphatic heterocycles. The predicted molar refractivity (Wildman–Crippen MR) is 97.7 cm³/mol. The second-order valence-electron chi connectivity index (χ2n) is 5.87. The van der Waals surface area contributed by atoms with Gasteiger partial charge in [0.1, 0.15) is 18.1 Å². The summed E-state index contributed by atoms with van der Waals surface area (Å²) < 4.78 is 5.61. The summed E-state index contributed by atoms with van der Waals surface area (Å²) in [5, 5.41) is 0. The molecule has 0 unspecified atom stereocenters. The van der Waals surface area contributed by atoms with Gasteiger partial charge in [0.15, 0.2) is 5.78 Å². The minimum atomic E-state index is -0.305. The van der Waals surface area contributed by atoms with E-state index in [4.69, 9.17) is 4.74 Å². The summed E-state index contributed by atoms with van der Waals surface area (Å²) in [4.78, 5) is 31.9. The minimum absolute atomic E-state index is 0.151. The SMILES string of the molecule is O=C(c1ccccc1)c1cccnc1C(=O)N1CCOc2ccccc21. The Morgan fingerprint density at radius 1 is 0.923 bits per heavy atom. The summed E-state index contributed by atoms with van der Waals surface area (Å²) in [5.74, 6) is 0.128. The molecule has 5 nitrogen and oxygen atoms in total. The number of hydrogen-bond acceptors (Lipinski definition) is 4. The molecule has 0 radical (unpaired) electrons. The molecule has 0 spiro atoms. The quantitative estimate of drug-likeness (QED) is 0.684. The van der Waals surface area contributed by atoms with Crippen LogP contribution in [0.3, 0.4) is 0 Å². The summed E-state index contributed by atoms with van der Waals surface area (Å²) in [6.45, 7) is 0.808. The summed E-state index contributed by atoms with van der Waals surface area (Å²) in [5.41, 5.74) is 1.66. The second kappa shape index (κ2) is 6.80. The van der Waals surface area contributed by atoms with Gasteiger partial charge < -0.3 is 9.64 Å². The van der Waals surface area contributed by atoms with E-state index in [1.165, 1.54) is 6.20 Å². The van der Waals surface area contributed by atoms with Gasteiger partial charge >= 0.3 is 0 Å². The first-order valence-corrected chi connectivity index (χ1v) is 8.34. The maximum absolute atomic E-state index is 13.2. The van der Waals surface area contributed by atoms with Gasteiger partial charge in [-0.25, -0.2) is 0 Å². The van der Waals surface area contributed by atoms with Crippen LogP contribution in [-0.4, -0.2) is 29.8 Å². The van der Waals surface area contributed by atoms with Crippen LogP contribution in [-0.2, 0) is 0 Å². The molecule has 2 aromatic carbocycles. The van der Waals surface area contributed by atoms with Crippen LogP contribution >= 0.6 is 0 Å². The van der Waals surface area contributed by atoms with Crippen molar-refractivity contribution in [2.75, 3.05) is 18.1 Å². The fourth-order valence-corrected chi connectivity index (χ4v) is 3.01. The number of carbonyl (C=O) groups excluding carboxylic acids is 2. The molecule has 0 fully saturated rings. The molecule has 0 saturated carbocycles. The summed E-state index contributed by atoms with van der Waals surface area (Å²) in [6.07, 6.45) is 1.53. The van der Waals surface area contributed by atoms with Gasteiger partial charge in [0, 0.05) is 11.8 Å². The molecule has 3 aromatic rings. The van der Waals surface area contributed by atoms with Gasteiger partial charge in [-0.1, -0.05) is 42.5 Å². The molecule has 2 heterocycles. The Balaban J connectivity index is 1.74. The Morgan fingerprint density at radius 2 is 1.69 bits per heavy atom. The predicted octanol–water partition coefficient (Wildman–Crippen LogP) is 3.35.